The van der Waals surface area contributed by atoms with Gasteiger partial charge in [-0.1, -0.05) is 33.6 Å². The Morgan fingerprint density at radius 1 is 0.931 bits per heavy atom. The molecule has 0 spiro atoms. The van der Waals surface area contributed by atoms with Gasteiger partial charge in [0.1, 0.15) is 5.78 Å². The van der Waals surface area contributed by atoms with E-state index >= 15 is 0 Å². The molecule has 0 unspecified atom stereocenters. The van der Waals surface area contributed by atoms with Crippen molar-refractivity contribution in [1.29, 1.82) is 0 Å². The second-order valence-corrected chi connectivity index (χ2v) is 12.4. The van der Waals surface area contributed by atoms with Crippen LogP contribution in [0.25, 0.3) is 0 Å². The Bertz CT molecular complexity index is 704. The maximum atomic E-state index is 13.2. The predicted molar refractivity (Wildman–Crippen MR) is 114 cm³/mol. The van der Waals surface area contributed by atoms with Crippen LogP contribution in [-0.4, -0.2) is 27.7 Å². The third-order valence-corrected chi connectivity index (χ3v) is 11.9. The van der Waals surface area contributed by atoms with Crippen LogP contribution in [0.2, 0.25) is 0 Å². The Labute approximate surface area is 177 Å². The van der Waals surface area contributed by atoms with E-state index in [4.69, 9.17) is 0 Å². The molecular formula is C26H42O3. The SMILES string of the molecule is CC(=O)[C@@]12CCCC[C@H]1C[C@H]1[C@@H]3C[C@@H](C)[C@@]4(O)C[C@@H](O)CC[C@]4(C)[C@H]3CC[C@@]12C. The van der Waals surface area contributed by atoms with Crippen molar-refractivity contribution in [2.75, 3.05) is 0 Å². The largest absolute Gasteiger partial charge is 0.393 e. The van der Waals surface area contributed by atoms with Gasteiger partial charge in [0.15, 0.2) is 0 Å². The summed E-state index contributed by atoms with van der Waals surface area (Å²) < 4.78 is 0. The molecule has 2 N–H and O–H groups in total. The standard InChI is InChI=1S/C26H42O3/c1-16-13-20-21(24(4)11-8-19(28)15-26(16,24)29)9-12-23(3)22(20)14-18-7-5-6-10-25(18,23)17(2)27/h16,18-22,28-29H,5-15H2,1-4H3/t16-,18+,19+,20-,21+,22+,23+,24-,25+,26+/m1/s1. The van der Waals surface area contributed by atoms with Crippen LogP contribution in [0.15, 0.2) is 0 Å². The lowest BCUT2D eigenvalue weighted by molar-refractivity contribution is -0.246. The highest BCUT2D eigenvalue weighted by Crippen LogP contribution is 2.75. The van der Waals surface area contributed by atoms with E-state index in [2.05, 4.69) is 20.8 Å². The summed E-state index contributed by atoms with van der Waals surface area (Å²) in [5.74, 6) is 3.08. The topological polar surface area (TPSA) is 57.5 Å². The van der Waals surface area contributed by atoms with Crippen LogP contribution in [-0.2, 0) is 4.79 Å². The van der Waals surface area contributed by atoms with E-state index in [1.807, 2.05) is 6.92 Å². The molecule has 5 aliphatic carbocycles. The van der Waals surface area contributed by atoms with Gasteiger partial charge >= 0.3 is 0 Å². The molecule has 10 atom stereocenters. The maximum absolute atomic E-state index is 13.2. The number of fused-ring (bicyclic) bond motifs is 7. The first-order valence-corrected chi connectivity index (χ1v) is 12.5. The summed E-state index contributed by atoms with van der Waals surface area (Å²) in [5, 5.41) is 22.2. The molecule has 164 valence electrons. The normalized spacial score (nSPS) is 59.2. The van der Waals surface area contributed by atoms with Crippen molar-refractivity contribution < 1.29 is 15.0 Å². The fourth-order valence-electron chi connectivity index (χ4n) is 10.5. The fraction of sp³-hybridized carbons (Fsp3) is 0.962. The minimum Gasteiger partial charge on any atom is -0.393 e. The molecule has 5 aliphatic rings. The average Bonchev–Trinajstić information content (AvgIpc) is 2.95. The van der Waals surface area contributed by atoms with Crippen LogP contribution in [0.1, 0.15) is 98.3 Å². The van der Waals surface area contributed by atoms with Crippen LogP contribution in [0.3, 0.4) is 0 Å². The number of hydrogen-bond acceptors (Lipinski definition) is 3. The van der Waals surface area contributed by atoms with Gasteiger partial charge in [0.2, 0.25) is 0 Å². The molecular weight excluding hydrogens is 360 g/mol. The van der Waals surface area contributed by atoms with Crippen molar-refractivity contribution in [1.82, 2.24) is 0 Å². The Morgan fingerprint density at radius 2 is 1.66 bits per heavy atom. The zero-order chi connectivity index (χ0) is 20.8. The van der Waals surface area contributed by atoms with Crippen molar-refractivity contribution in [3.63, 3.8) is 0 Å². The smallest absolute Gasteiger partial charge is 0.136 e. The number of carbonyl (C=O) groups is 1. The molecule has 0 amide bonds. The summed E-state index contributed by atoms with van der Waals surface area (Å²) in [6, 6.07) is 0. The first-order valence-electron chi connectivity index (χ1n) is 12.5. The summed E-state index contributed by atoms with van der Waals surface area (Å²) in [7, 11) is 0. The van der Waals surface area contributed by atoms with Gasteiger partial charge in [-0.3, -0.25) is 4.79 Å². The van der Waals surface area contributed by atoms with Crippen molar-refractivity contribution in [3.05, 3.63) is 0 Å². The van der Waals surface area contributed by atoms with E-state index in [1.54, 1.807) is 0 Å². The van der Waals surface area contributed by atoms with Crippen molar-refractivity contribution in [2.45, 2.75) is 110 Å². The maximum Gasteiger partial charge on any atom is 0.136 e. The van der Waals surface area contributed by atoms with Gasteiger partial charge in [-0.2, -0.15) is 0 Å². The van der Waals surface area contributed by atoms with Gasteiger partial charge in [-0.15, -0.1) is 0 Å². The number of hydrogen-bond donors (Lipinski definition) is 2. The highest BCUT2D eigenvalue weighted by Gasteiger charge is 2.71. The molecule has 0 heterocycles. The number of carbonyl (C=O) groups excluding carboxylic acids is 1. The minimum absolute atomic E-state index is 0.0818. The third kappa shape index (κ3) is 2.30. The molecule has 5 saturated carbocycles. The van der Waals surface area contributed by atoms with Crippen LogP contribution < -0.4 is 0 Å². The second kappa shape index (κ2) is 6.31. The molecule has 0 aromatic rings. The Hall–Kier alpha value is -0.410. The number of aliphatic hydroxyl groups is 2. The van der Waals surface area contributed by atoms with E-state index in [1.165, 1.54) is 25.7 Å². The van der Waals surface area contributed by atoms with Crippen molar-refractivity contribution >= 4 is 5.78 Å². The Kier molecular flexibility index (Phi) is 4.46. The Morgan fingerprint density at radius 3 is 2.38 bits per heavy atom. The van der Waals surface area contributed by atoms with E-state index in [-0.39, 0.29) is 28.3 Å². The van der Waals surface area contributed by atoms with E-state index in [9.17, 15) is 15.0 Å². The zero-order valence-electron chi connectivity index (χ0n) is 19.0. The summed E-state index contributed by atoms with van der Waals surface area (Å²) in [6.45, 7) is 8.96. The molecule has 3 heteroatoms. The lowest BCUT2D eigenvalue weighted by Crippen LogP contribution is -2.66. The molecule has 5 rings (SSSR count). The molecule has 0 radical (unpaired) electrons. The van der Waals surface area contributed by atoms with Gasteiger partial charge in [0.05, 0.1) is 11.7 Å². The van der Waals surface area contributed by atoms with E-state index in [0.717, 1.165) is 38.5 Å². The van der Waals surface area contributed by atoms with Crippen LogP contribution in [0, 0.1) is 45.8 Å². The van der Waals surface area contributed by atoms with Crippen LogP contribution >= 0.6 is 0 Å². The summed E-state index contributed by atoms with van der Waals surface area (Å²) >= 11 is 0. The summed E-state index contributed by atoms with van der Waals surface area (Å²) in [6.07, 6.45) is 11.5. The number of Topliss-reactive ketones (excluding diaryl/α,β-unsaturated/α-hetero) is 1. The molecule has 0 aromatic heterocycles. The van der Waals surface area contributed by atoms with Crippen molar-refractivity contribution in [3.8, 4) is 0 Å². The minimum atomic E-state index is -0.733. The van der Waals surface area contributed by atoms with Gasteiger partial charge in [-0.25, -0.2) is 0 Å². The fourth-order valence-corrected chi connectivity index (χ4v) is 10.5. The number of aliphatic hydroxyl groups excluding tert-OH is 1. The van der Waals surface area contributed by atoms with Crippen molar-refractivity contribution in [2.24, 2.45) is 45.8 Å². The number of ketones is 1. The van der Waals surface area contributed by atoms with Gasteiger partial charge < -0.3 is 10.2 Å². The third-order valence-electron chi connectivity index (χ3n) is 11.9. The molecule has 29 heavy (non-hydrogen) atoms. The molecule has 0 bridgehead atoms. The summed E-state index contributed by atoms with van der Waals surface area (Å²) in [4.78, 5) is 13.2. The van der Waals surface area contributed by atoms with Gasteiger partial charge in [0.25, 0.3) is 0 Å². The number of rotatable bonds is 1. The average molecular weight is 403 g/mol. The molecule has 0 aliphatic heterocycles. The molecule has 0 aromatic carbocycles. The Balaban J connectivity index is 1.55. The first kappa shape index (κ1) is 20.5. The lowest BCUT2D eigenvalue weighted by atomic mass is 9.40. The first-order chi connectivity index (χ1) is 13.6. The quantitative estimate of drug-likeness (QED) is 0.639. The monoisotopic (exact) mass is 402 g/mol. The molecule has 0 saturated heterocycles. The zero-order valence-corrected chi connectivity index (χ0v) is 19.0. The highest BCUT2D eigenvalue weighted by atomic mass is 16.3. The molecule has 5 fully saturated rings. The van der Waals surface area contributed by atoms with E-state index in [0.29, 0.717) is 35.9 Å². The lowest BCUT2D eigenvalue weighted by Gasteiger charge is -2.66. The second-order valence-electron chi connectivity index (χ2n) is 12.4. The van der Waals surface area contributed by atoms with E-state index < -0.39 is 5.60 Å². The van der Waals surface area contributed by atoms with Crippen LogP contribution in [0.5, 0.6) is 0 Å². The highest BCUT2D eigenvalue weighted by molar-refractivity contribution is 5.84. The van der Waals surface area contributed by atoms with Crippen LogP contribution in [0.4, 0.5) is 0 Å². The molecule has 3 nitrogen and oxygen atoms in total. The van der Waals surface area contributed by atoms with Gasteiger partial charge in [0, 0.05) is 11.8 Å². The van der Waals surface area contributed by atoms with Gasteiger partial charge in [-0.05, 0) is 98.7 Å². The predicted octanol–water partition coefficient (Wildman–Crippen LogP) is 5.13. The summed E-state index contributed by atoms with van der Waals surface area (Å²) in [5.41, 5.74) is -0.761.